The molecule has 1 amide bonds. The van der Waals surface area contributed by atoms with Crippen molar-refractivity contribution in [2.24, 2.45) is 0 Å². The fraction of sp³-hybridized carbons (Fsp3) is 0.429. The van der Waals surface area contributed by atoms with E-state index in [4.69, 9.17) is 9.97 Å². The number of nitrogens with zero attached hydrogens (tertiary/aromatic N) is 5. The number of carbonyl (C=O) groups is 1. The summed E-state index contributed by atoms with van der Waals surface area (Å²) < 4.78 is 0. The molecule has 0 atom stereocenters. The molecule has 0 bridgehead atoms. The van der Waals surface area contributed by atoms with Crippen molar-refractivity contribution in [3.05, 3.63) is 35.0 Å². The van der Waals surface area contributed by atoms with Crippen LogP contribution < -0.4 is 4.90 Å². The molecule has 28 heavy (non-hydrogen) atoms. The van der Waals surface area contributed by atoms with Crippen molar-refractivity contribution in [2.45, 2.75) is 32.1 Å². The summed E-state index contributed by atoms with van der Waals surface area (Å²) in [6.45, 7) is 2.39. The number of fused-ring (bicyclic) bond motifs is 3. The van der Waals surface area contributed by atoms with E-state index >= 15 is 0 Å². The van der Waals surface area contributed by atoms with E-state index < -0.39 is 0 Å². The minimum atomic E-state index is 0.272. The van der Waals surface area contributed by atoms with Crippen LogP contribution in [0, 0.1) is 0 Å². The minimum Gasteiger partial charge on any atom is -0.357 e. The first-order valence-electron chi connectivity index (χ1n) is 9.92. The van der Waals surface area contributed by atoms with Crippen molar-refractivity contribution in [1.82, 2.24) is 19.9 Å². The molecule has 3 aromatic rings. The SMILES string of the molecule is CN(CCN1CCCC1=O)c1nc(-c2cccnc2)nc2sc3c(c12)CCC3. The third-order valence-corrected chi connectivity index (χ3v) is 6.89. The summed E-state index contributed by atoms with van der Waals surface area (Å²) in [5.74, 6) is 1.98. The summed E-state index contributed by atoms with van der Waals surface area (Å²) in [4.78, 5) is 32.7. The molecule has 1 saturated heterocycles. The second-order valence-electron chi connectivity index (χ2n) is 7.56. The predicted molar refractivity (Wildman–Crippen MR) is 112 cm³/mol. The lowest BCUT2D eigenvalue weighted by atomic mass is 10.1. The molecule has 3 aromatic heterocycles. The Morgan fingerprint density at radius 2 is 2.14 bits per heavy atom. The average Bonchev–Trinajstić information content (AvgIpc) is 3.42. The molecule has 0 N–H and O–H groups in total. The van der Waals surface area contributed by atoms with Crippen LogP contribution in [0.15, 0.2) is 24.5 Å². The van der Waals surface area contributed by atoms with Crippen LogP contribution in [0.25, 0.3) is 21.6 Å². The Morgan fingerprint density at radius 1 is 1.21 bits per heavy atom. The number of thiophene rings is 1. The van der Waals surface area contributed by atoms with Gasteiger partial charge in [0.2, 0.25) is 5.91 Å². The number of amides is 1. The fourth-order valence-electron chi connectivity index (χ4n) is 4.19. The first-order chi connectivity index (χ1) is 13.7. The maximum Gasteiger partial charge on any atom is 0.222 e. The number of rotatable bonds is 5. The van der Waals surface area contributed by atoms with Crippen LogP contribution in [0.1, 0.15) is 29.7 Å². The molecule has 1 aliphatic heterocycles. The number of aryl methyl sites for hydroxylation is 2. The Kier molecular flexibility index (Phi) is 4.47. The second kappa shape index (κ2) is 7.13. The van der Waals surface area contributed by atoms with Gasteiger partial charge in [-0.05, 0) is 43.4 Å². The minimum absolute atomic E-state index is 0.272. The van der Waals surface area contributed by atoms with Crippen LogP contribution in [0.5, 0.6) is 0 Å². The fourth-order valence-corrected chi connectivity index (χ4v) is 5.45. The topological polar surface area (TPSA) is 62.2 Å². The smallest absolute Gasteiger partial charge is 0.222 e. The van der Waals surface area contributed by atoms with E-state index in [2.05, 4.69) is 16.9 Å². The van der Waals surface area contributed by atoms with Gasteiger partial charge in [0.15, 0.2) is 5.82 Å². The van der Waals surface area contributed by atoms with E-state index in [9.17, 15) is 4.79 Å². The maximum absolute atomic E-state index is 12.0. The summed E-state index contributed by atoms with van der Waals surface area (Å²) in [6.07, 6.45) is 8.71. The van der Waals surface area contributed by atoms with E-state index in [0.29, 0.717) is 6.42 Å². The lowest BCUT2D eigenvalue weighted by Crippen LogP contribution is -2.34. The zero-order chi connectivity index (χ0) is 19.1. The van der Waals surface area contributed by atoms with Crippen molar-refractivity contribution in [3.8, 4) is 11.4 Å². The predicted octanol–water partition coefficient (Wildman–Crippen LogP) is 3.30. The molecular formula is C21H23N5OS. The van der Waals surface area contributed by atoms with Crippen molar-refractivity contribution < 1.29 is 4.79 Å². The van der Waals surface area contributed by atoms with Crippen LogP contribution in [0.3, 0.4) is 0 Å². The lowest BCUT2D eigenvalue weighted by molar-refractivity contribution is -0.127. The largest absolute Gasteiger partial charge is 0.357 e. The Hall–Kier alpha value is -2.54. The molecule has 0 aromatic carbocycles. The molecular weight excluding hydrogens is 370 g/mol. The van der Waals surface area contributed by atoms with Crippen LogP contribution in [-0.4, -0.2) is 52.4 Å². The molecule has 144 valence electrons. The van der Waals surface area contributed by atoms with Crippen molar-refractivity contribution in [2.75, 3.05) is 31.6 Å². The van der Waals surface area contributed by atoms with Crippen LogP contribution in [-0.2, 0) is 17.6 Å². The van der Waals surface area contributed by atoms with Crippen molar-refractivity contribution in [1.29, 1.82) is 0 Å². The van der Waals surface area contributed by atoms with Crippen LogP contribution in [0.4, 0.5) is 5.82 Å². The van der Waals surface area contributed by atoms with E-state index in [1.165, 1.54) is 22.2 Å². The van der Waals surface area contributed by atoms with Crippen LogP contribution in [0.2, 0.25) is 0 Å². The standard InChI is InChI=1S/C21H23N5OS/c1-25(11-12-26-10-4-8-17(26)27)20-18-15-6-2-7-16(15)28-21(18)24-19(23-20)14-5-3-9-22-13-14/h3,5,9,13H,2,4,6-8,10-12H2,1H3. The number of pyridine rings is 1. The zero-order valence-electron chi connectivity index (χ0n) is 16.0. The van der Waals surface area contributed by atoms with Gasteiger partial charge in [-0.15, -0.1) is 11.3 Å². The Morgan fingerprint density at radius 3 is 2.93 bits per heavy atom. The third kappa shape index (κ3) is 3.03. The quantitative estimate of drug-likeness (QED) is 0.666. The average molecular weight is 394 g/mol. The van der Waals surface area contributed by atoms with Gasteiger partial charge in [0.05, 0.1) is 5.39 Å². The van der Waals surface area contributed by atoms with Crippen molar-refractivity contribution in [3.63, 3.8) is 0 Å². The van der Waals surface area contributed by atoms with Gasteiger partial charge in [-0.3, -0.25) is 9.78 Å². The molecule has 1 fully saturated rings. The van der Waals surface area contributed by atoms with Gasteiger partial charge < -0.3 is 9.80 Å². The highest BCUT2D eigenvalue weighted by Crippen LogP contribution is 2.41. The number of hydrogen-bond acceptors (Lipinski definition) is 6. The third-order valence-electron chi connectivity index (χ3n) is 5.70. The number of likely N-dealkylation sites (N-methyl/N-ethyl adjacent to an activating group) is 1. The molecule has 7 heteroatoms. The highest BCUT2D eigenvalue weighted by Gasteiger charge is 2.25. The van der Waals surface area contributed by atoms with E-state index in [1.54, 1.807) is 6.20 Å². The van der Waals surface area contributed by atoms with Gasteiger partial charge in [-0.25, -0.2) is 9.97 Å². The molecule has 5 rings (SSSR count). The molecule has 4 heterocycles. The maximum atomic E-state index is 12.0. The van der Waals surface area contributed by atoms with Crippen molar-refractivity contribution >= 4 is 33.3 Å². The van der Waals surface area contributed by atoms with Gasteiger partial charge >= 0.3 is 0 Å². The Bertz CT molecular complexity index is 1030. The summed E-state index contributed by atoms with van der Waals surface area (Å²) in [5, 5.41) is 1.21. The molecule has 0 radical (unpaired) electrons. The molecule has 6 nitrogen and oxygen atoms in total. The number of aromatic nitrogens is 3. The van der Waals surface area contributed by atoms with E-state index in [-0.39, 0.29) is 5.91 Å². The van der Waals surface area contributed by atoms with Crippen LogP contribution >= 0.6 is 11.3 Å². The monoisotopic (exact) mass is 393 g/mol. The molecule has 0 spiro atoms. The summed E-state index contributed by atoms with van der Waals surface area (Å²) in [6, 6.07) is 3.92. The zero-order valence-corrected chi connectivity index (χ0v) is 16.8. The van der Waals surface area contributed by atoms with Gasteiger partial charge in [0.25, 0.3) is 0 Å². The van der Waals surface area contributed by atoms with Gasteiger partial charge in [-0.2, -0.15) is 0 Å². The Balaban J connectivity index is 1.54. The highest BCUT2D eigenvalue weighted by atomic mass is 32.1. The van der Waals surface area contributed by atoms with Gasteiger partial charge in [0, 0.05) is 55.9 Å². The number of hydrogen-bond donors (Lipinski definition) is 0. The summed E-state index contributed by atoms with van der Waals surface area (Å²) in [7, 11) is 2.08. The lowest BCUT2D eigenvalue weighted by Gasteiger charge is -2.24. The number of carbonyl (C=O) groups excluding carboxylic acids is 1. The van der Waals surface area contributed by atoms with E-state index in [0.717, 1.165) is 60.9 Å². The van der Waals surface area contributed by atoms with E-state index in [1.807, 2.05) is 34.6 Å². The second-order valence-corrected chi connectivity index (χ2v) is 8.64. The number of likely N-dealkylation sites (tertiary alicyclic amines) is 1. The molecule has 0 saturated carbocycles. The Labute approximate surface area is 168 Å². The summed E-state index contributed by atoms with van der Waals surface area (Å²) in [5.41, 5.74) is 2.36. The first kappa shape index (κ1) is 17.6. The van der Waals surface area contributed by atoms with Gasteiger partial charge in [-0.1, -0.05) is 0 Å². The molecule has 1 aliphatic carbocycles. The molecule has 2 aliphatic rings. The number of anilines is 1. The van der Waals surface area contributed by atoms with Gasteiger partial charge in [0.1, 0.15) is 10.6 Å². The first-order valence-corrected chi connectivity index (χ1v) is 10.7. The molecule has 0 unspecified atom stereocenters. The highest BCUT2D eigenvalue weighted by molar-refractivity contribution is 7.19. The normalized spacial score (nSPS) is 16.2. The summed E-state index contributed by atoms with van der Waals surface area (Å²) >= 11 is 1.81.